The zero-order chi connectivity index (χ0) is 15.6. The molecule has 0 atom stereocenters. The summed E-state index contributed by atoms with van der Waals surface area (Å²) in [7, 11) is 1.37. The molecule has 2 heterocycles. The van der Waals surface area contributed by atoms with Crippen LogP contribution in [0, 0.1) is 0 Å². The van der Waals surface area contributed by atoms with Gasteiger partial charge >= 0.3 is 5.97 Å². The molecule has 0 unspecified atom stereocenters. The Balaban J connectivity index is 2.11. The van der Waals surface area contributed by atoms with Crippen LogP contribution in [0.1, 0.15) is 48.9 Å². The smallest absolute Gasteiger partial charge is 0.341 e. The van der Waals surface area contributed by atoms with Crippen LogP contribution in [-0.2, 0) is 4.74 Å². The van der Waals surface area contributed by atoms with Crippen molar-refractivity contribution < 1.29 is 19.0 Å². The molecule has 0 saturated heterocycles. The average Bonchev–Trinajstić information content (AvgIpc) is 2.54. The highest BCUT2D eigenvalue weighted by Gasteiger charge is 2.14. The van der Waals surface area contributed by atoms with Gasteiger partial charge in [-0.3, -0.25) is 0 Å². The zero-order valence-corrected chi connectivity index (χ0v) is 13.2. The first-order chi connectivity index (χ1) is 10.8. The summed E-state index contributed by atoms with van der Waals surface area (Å²) in [5.74, 6) is 0.835. The fraction of sp³-hybridized carbons (Fsp3) is 0.500. The number of benzene rings is 1. The van der Waals surface area contributed by atoms with E-state index in [-0.39, 0.29) is 0 Å². The molecule has 0 saturated carbocycles. The van der Waals surface area contributed by atoms with E-state index in [2.05, 4.69) is 12.2 Å². The molecule has 2 aliphatic heterocycles. The van der Waals surface area contributed by atoms with Crippen molar-refractivity contribution in [3.63, 3.8) is 0 Å². The van der Waals surface area contributed by atoms with Crippen LogP contribution in [0.25, 0.3) is 0 Å². The molecule has 0 radical (unpaired) electrons. The Bertz CT molecular complexity index is 508. The second kappa shape index (κ2) is 9.13. The highest BCUT2D eigenvalue weighted by molar-refractivity contribution is 5.92. The highest BCUT2D eigenvalue weighted by atomic mass is 16.5. The Morgan fingerprint density at radius 3 is 2.36 bits per heavy atom. The lowest BCUT2D eigenvalue weighted by Crippen LogP contribution is -2.08. The third-order valence-corrected chi connectivity index (χ3v) is 3.58. The van der Waals surface area contributed by atoms with Crippen LogP contribution < -0.4 is 9.47 Å². The summed E-state index contributed by atoms with van der Waals surface area (Å²) >= 11 is 0. The van der Waals surface area contributed by atoms with Crippen LogP contribution in [0.2, 0.25) is 0 Å². The number of esters is 1. The second-order valence-electron chi connectivity index (χ2n) is 5.31. The summed E-state index contributed by atoms with van der Waals surface area (Å²) in [5, 5.41) is 0. The first-order valence-electron chi connectivity index (χ1n) is 7.94. The third-order valence-electron chi connectivity index (χ3n) is 3.58. The van der Waals surface area contributed by atoms with Gasteiger partial charge in [0.1, 0.15) is 17.1 Å². The van der Waals surface area contributed by atoms with Crippen molar-refractivity contribution in [1.29, 1.82) is 0 Å². The lowest BCUT2D eigenvalue weighted by Gasteiger charge is -2.13. The molecule has 22 heavy (non-hydrogen) atoms. The quantitative estimate of drug-likeness (QED) is 0.578. The van der Waals surface area contributed by atoms with Crippen LogP contribution >= 0.6 is 0 Å². The normalized spacial score (nSPS) is 18.0. The van der Waals surface area contributed by atoms with Crippen molar-refractivity contribution in [3.8, 4) is 11.5 Å². The molecule has 0 aromatic heterocycles. The summed E-state index contributed by atoms with van der Waals surface area (Å²) in [5.41, 5.74) is 0.423. The molecule has 3 rings (SSSR count). The number of hydrogen-bond acceptors (Lipinski definition) is 4. The van der Waals surface area contributed by atoms with Crippen LogP contribution in [0.15, 0.2) is 30.4 Å². The molecular weight excluding hydrogens is 280 g/mol. The van der Waals surface area contributed by atoms with Crippen molar-refractivity contribution in [2.75, 3.05) is 20.3 Å². The maximum atomic E-state index is 11.9. The molecule has 4 nitrogen and oxygen atoms in total. The molecular formula is C18H24O4. The number of rotatable bonds is 1. The Morgan fingerprint density at radius 2 is 1.68 bits per heavy atom. The highest BCUT2D eigenvalue weighted by Crippen LogP contribution is 2.25. The zero-order valence-electron chi connectivity index (χ0n) is 13.2. The maximum Gasteiger partial charge on any atom is 0.341 e. The average molecular weight is 304 g/mol. The monoisotopic (exact) mass is 304 g/mol. The molecule has 0 spiro atoms. The van der Waals surface area contributed by atoms with E-state index in [1.54, 1.807) is 12.1 Å². The number of carbonyl (C=O) groups excluding carboxylic acids is 1. The molecule has 0 fully saturated rings. The van der Waals surface area contributed by atoms with E-state index in [4.69, 9.17) is 14.2 Å². The summed E-state index contributed by atoms with van der Waals surface area (Å²) in [6.07, 6.45) is 10.8. The van der Waals surface area contributed by atoms with Crippen molar-refractivity contribution in [1.82, 2.24) is 0 Å². The Hall–Kier alpha value is -1.97. The number of fused-ring (bicyclic) bond motifs is 12. The summed E-state index contributed by atoms with van der Waals surface area (Å²) < 4.78 is 16.3. The molecule has 4 heteroatoms. The van der Waals surface area contributed by atoms with Crippen molar-refractivity contribution in [3.05, 3.63) is 35.9 Å². The van der Waals surface area contributed by atoms with Gasteiger partial charge in [-0.1, -0.05) is 12.2 Å². The summed E-state index contributed by atoms with van der Waals surface area (Å²) in [6.45, 7) is 1.24. The van der Waals surface area contributed by atoms with Gasteiger partial charge in [-0.15, -0.1) is 0 Å². The van der Waals surface area contributed by atoms with Crippen LogP contribution in [0.4, 0.5) is 0 Å². The van der Waals surface area contributed by atoms with Crippen molar-refractivity contribution in [2.24, 2.45) is 0 Å². The number of methoxy groups -OCH3 is 1. The molecule has 0 N–H and O–H groups in total. The lowest BCUT2D eigenvalue weighted by atomic mass is 10.1. The minimum absolute atomic E-state index is 0.399. The van der Waals surface area contributed by atoms with E-state index in [0.717, 1.165) is 38.5 Å². The van der Waals surface area contributed by atoms with Crippen molar-refractivity contribution in [2.45, 2.75) is 38.5 Å². The van der Waals surface area contributed by atoms with Gasteiger partial charge < -0.3 is 14.2 Å². The lowest BCUT2D eigenvalue weighted by molar-refractivity contribution is 0.0595. The summed E-state index contributed by atoms with van der Waals surface area (Å²) in [4.78, 5) is 11.9. The van der Waals surface area contributed by atoms with Gasteiger partial charge in [0.2, 0.25) is 0 Å². The van der Waals surface area contributed by atoms with E-state index in [1.165, 1.54) is 7.11 Å². The molecule has 0 aliphatic carbocycles. The topological polar surface area (TPSA) is 44.8 Å². The Kier molecular flexibility index (Phi) is 6.81. The van der Waals surface area contributed by atoms with E-state index >= 15 is 0 Å². The Morgan fingerprint density at radius 1 is 1.00 bits per heavy atom. The minimum atomic E-state index is -0.399. The van der Waals surface area contributed by atoms with E-state index < -0.39 is 5.97 Å². The van der Waals surface area contributed by atoms with Gasteiger partial charge in [0.15, 0.2) is 0 Å². The van der Waals surface area contributed by atoms with Gasteiger partial charge in [0, 0.05) is 0 Å². The molecule has 120 valence electrons. The van der Waals surface area contributed by atoms with Gasteiger partial charge in [-0.2, -0.15) is 0 Å². The predicted molar refractivity (Wildman–Crippen MR) is 85.6 cm³/mol. The second-order valence-corrected chi connectivity index (χ2v) is 5.31. The molecule has 1 aromatic carbocycles. The number of allylic oxidation sites excluding steroid dienone is 2. The van der Waals surface area contributed by atoms with Crippen LogP contribution in [0.5, 0.6) is 11.5 Å². The summed E-state index contributed by atoms with van der Waals surface area (Å²) in [6, 6.07) is 5.33. The standard InChI is InChI=1S/C18H24O4/c1-20-18(19)16-14-15-10-11-17(16)22-13-9-7-5-3-2-4-6-8-12-21-15/h2-3,10-11,14H,4-9,12-13H2,1H3/b3-2-. The minimum Gasteiger partial charge on any atom is -0.494 e. The predicted octanol–water partition coefficient (Wildman–Crippen LogP) is 4.14. The van der Waals surface area contributed by atoms with Crippen LogP contribution in [0.3, 0.4) is 0 Å². The maximum absolute atomic E-state index is 11.9. The van der Waals surface area contributed by atoms with Gasteiger partial charge in [0.25, 0.3) is 0 Å². The van der Waals surface area contributed by atoms with Crippen LogP contribution in [-0.4, -0.2) is 26.3 Å². The number of carbonyl (C=O) groups is 1. The fourth-order valence-electron chi connectivity index (χ4n) is 2.33. The fourth-order valence-corrected chi connectivity index (χ4v) is 2.33. The van der Waals surface area contributed by atoms with Gasteiger partial charge in [-0.25, -0.2) is 4.79 Å². The van der Waals surface area contributed by atoms with E-state index in [0.29, 0.717) is 30.3 Å². The Labute approximate surface area is 132 Å². The first-order valence-corrected chi connectivity index (χ1v) is 7.94. The molecule has 0 amide bonds. The van der Waals surface area contributed by atoms with Crippen molar-refractivity contribution >= 4 is 5.97 Å². The third kappa shape index (κ3) is 5.10. The van der Waals surface area contributed by atoms with Gasteiger partial charge in [-0.05, 0) is 56.7 Å². The number of hydrogen-bond donors (Lipinski definition) is 0. The van der Waals surface area contributed by atoms with E-state index in [9.17, 15) is 4.79 Å². The largest absolute Gasteiger partial charge is 0.494 e. The first kappa shape index (κ1) is 16.4. The number of ether oxygens (including phenoxy) is 3. The molecule has 1 aromatic rings. The van der Waals surface area contributed by atoms with Gasteiger partial charge in [0.05, 0.1) is 20.3 Å². The molecule has 2 bridgehead atoms. The van der Waals surface area contributed by atoms with E-state index in [1.807, 2.05) is 6.07 Å². The molecule has 2 aliphatic rings. The SMILES string of the molecule is COC(=O)c1cc2ccc1OCCCC/C=C\CCCCO2.